The first-order valence-corrected chi connectivity index (χ1v) is 16.0. The Balaban J connectivity index is 0. The number of ether oxygens (including phenoxy) is 1. The van der Waals surface area contributed by atoms with Crippen LogP contribution in [0.15, 0.2) is 0 Å². The van der Waals surface area contributed by atoms with Gasteiger partial charge in [0, 0.05) is 49.6 Å². The number of hydrogen-bond acceptors (Lipinski definition) is 8. The number of nitrogens with zero attached hydrogens (tertiary/aromatic N) is 1. The van der Waals surface area contributed by atoms with Crippen LogP contribution < -0.4 is 0 Å². The highest BCUT2D eigenvalue weighted by Gasteiger charge is 2.37. The number of rotatable bonds is 19. The monoisotopic (exact) mass is 691 g/mol. The molecular weight excluding hydrogens is 650 g/mol. The van der Waals surface area contributed by atoms with Crippen molar-refractivity contribution in [2.45, 2.75) is 96.8 Å². The van der Waals surface area contributed by atoms with E-state index >= 15 is 0 Å². The molecule has 0 aliphatic heterocycles. The number of carbonyl (C=O) groups excluding carboxylic acids is 5. The molecule has 0 aromatic heterocycles. The standard InChI is InChI=1S/C18H30O2.C11H13Br2NO6/c19-17-15-13-11-9-7-5-3-1-2-4-6-8-10-12-14-16-18-20;1-2-20-11(19)14(9(17)7(15)3-5-12)10(18)8(16)4-6-13/h19-20H,5-18H2;2-6H2,1H3. The van der Waals surface area contributed by atoms with Gasteiger partial charge >= 0.3 is 17.9 Å². The number of imide groups is 3. The van der Waals surface area contributed by atoms with Crippen LogP contribution in [0.2, 0.25) is 0 Å². The van der Waals surface area contributed by atoms with Crippen LogP contribution >= 0.6 is 31.9 Å². The van der Waals surface area contributed by atoms with E-state index in [4.69, 9.17) is 10.2 Å². The van der Waals surface area contributed by atoms with Crippen molar-refractivity contribution in [3.05, 3.63) is 0 Å². The lowest BCUT2D eigenvalue weighted by Crippen LogP contribution is -2.48. The second-order valence-corrected chi connectivity index (χ2v) is 10.0. The fraction of sp³-hybridized carbons (Fsp3) is 0.690. The summed E-state index contributed by atoms with van der Waals surface area (Å²) in [5.74, 6) is 7.36. The third-order valence-corrected chi connectivity index (χ3v) is 5.93. The molecule has 2 N–H and O–H groups in total. The van der Waals surface area contributed by atoms with Gasteiger partial charge in [-0.05, 0) is 44.4 Å². The summed E-state index contributed by atoms with van der Waals surface area (Å²) in [6, 6.07) is 0. The first-order chi connectivity index (χ1) is 19.3. The summed E-state index contributed by atoms with van der Waals surface area (Å²) >= 11 is 5.92. The van der Waals surface area contributed by atoms with Gasteiger partial charge in [-0.25, -0.2) is 4.79 Å². The topological polar surface area (TPSA) is 138 Å². The first-order valence-electron chi connectivity index (χ1n) is 13.7. The molecule has 0 aromatic rings. The molecule has 0 saturated carbocycles. The van der Waals surface area contributed by atoms with Crippen LogP contribution in [0.4, 0.5) is 4.79 Å². The maximum Gasteiger partial charge on any atom is 0.424 e. The normalized spacial score (nSPS) is 9.62. The summed E-state index contributed by atoms with van der Waals surface area (Å²) in [5.41, 5.74) is 0. The predicted octanol–water partition coefficient (Wildman–Crippen LogP) is 4.87. The number of halogens is 2. The lowest BCUT2D eigenvalue weighted by atomic mass is 10.1. The smallest absolute Gasteiger partial charge is 0.424 e. The fourth-order valence-electron chi connectivity index (χ4n) is 3.01. The summed E-state index contributed by atoms with van der Waals surface area (Å²) in [6.45, 7) is 1.99. The van der Waals surface area contributed by atoms with Gasteiger partial charge in [-0.1, -0.05) is 82.2 Å². The number of hydrogen-bond donors (Lipinski definition) is 2. The van der Waals surface area contributed by atoms with Crippen LogP contribution in [-0.2, 0) is 23.9 Å². The Morgan fingerprint density at radius 2 is 1.02 bits per heavy atom. The second kappa shape index (κ2) is 29.9. The van der Waals surface area contributed by atoms with Crippen molar-refractivity contribution in [3.8, 4) is 23.7 Å². The quantitative estimate of drug-likeness (QED) is 0.0847. The van der Waals surface area contributed by atoms with Crippen LogP contribution in [0, 0.1) is 23.7 Å². The third-order valence-electron chi connectivity index (χ3n) is 5.14. The van der Waals surface area contributed by atoms with Crippen molar-refractivity contribution in [1.82, 2.24) is 4.90 Å². The van der Waals surface area contributed by atoms with Crippen LogP contribution in [-0.4, -0.2) is 75.1 Å². The number of Topliss-reactive ketones (excluding diaryl/α,β-unsaturated/α-hetero) is 2. The minimum absolute atomic E-state index is 0.0422. The van der Waals surface area contributed by atoms with Crippen LogP contribution in [0.5, 0.6) is 0 Å². The summed E-state index contributed by atoms with van der Waals surface area (Å²) in [5, 5.41) is 17.7. The predicted molar refractivity (Wildman–Crippen MR) is 161 cm³/mol. The molecule has 0 radical (unpaired) electrons. The number of carbonyl (C=O) groups is 5. The molecule has 0 aliphatic rings. The zero-order chi connectivity index (χ0) is 30.4. The van der Waals surface area contributed by atoms with E-state index in [9.17, 15) is 24.0 Å². The molecule has 0 aliphatic carbocycles. The SMILES string of the molecule is CCOC(=O)N(C(=O)C(=O)CCBr)C(=O)C(=O)CCBr.OCCCCCCCC#CC#CCCCCCCCO. The van der Waals surface area contributed by atoms with Crippen molar-refractivity contribution >= 4 is 61.3 Å². The van der Waals surface area contributed by atoms with E-state index in [2.05, 4.69) is 60.3 Å². The molecular formula is C29H43Br2NO8. The number of aliphatic hydroxyl groups excluding tert-OH is 2. The van der Waals surface area contributed by atoms with Gasteiger partial charge in [0.2, 0.25) is 11.6 Å². The Bertz CT molecular complexity index is 809. The highest BCUT2D eigenvalue weighted by atomic mass is 79.9. The van der Waals surface area contributed by atoms with E-state index in [0.717, 1.165) is 51.4 Å². The summed E-state index contributed by atoms with van der Waals surface area (Å²) in [6.07, 6.45) is 11.4. The van der Waals surface area contributed by atoms with Gasteiger partial charge in [0.1, 0.15) is 0 Å². The van der Waals surface area contributed by atoms with Crippen molar-refractivity contribution < 1.29 is 38.9 Å². The summed E-state index contributed by atoms with van der Waals surface area (Å²) in [4.78, 5) is 58.0. The van der Waals surface area contributed by atoms with E-state index < -0.39 is 29.5 Å². The maximum atomic E-state index is 11.8. The van der Waals surface area contributed by atoms with Gasteiger partial charge in [0.15, 0.2) is 0 Å². The number of unbranched alkanes of at least 4 members (excludes halogenated alkanes) is 10. The lowest BCUT2D eigenvalue weighted by molar-refractivity contribution is -0.153. The van der Waals surface area contributed by atoms with Gasteiger partial charge in [-0.3, -0.25) is 19.2 Å². The third kappa shape index (κ3) is 22.7. The number of ketones is 2. The minimum atomic E-state index is -1.36. The highest BCUT2D eigenvalue weighted by molar-refractivity contribution is 9.09. The van der Waals surface area contributed by atoms with Gasteiger partial charge in [-0.15, -0.1) is 0 Å². The Kier molecular flexibility index (Phi) is 30.0. The number of alkyl halides is 2. The molecule has 0 heterocycles. The van der Waals surface area contributed by atoms with E-state index in [1.165, 1.54) is 32.6 Å². The fourth-order valence-corrected chi connectivity index (χ4v) is 3.73. The average molecular weight is 693 g/mol. The van der Waals surface area contributed by atoms with Gasteiger partial charge in [-0.2, -0.15) is 4.90 Å². The Morgan fingerprint density at radius 1 is 0.650 bits per heavy atom. The molecule has 0 rings (SSSR count). The average Bonchev–Trinajstić information content (AvgIpc) is 2.93. The van der Waals surface area contributed by atoms with Crippen molar-refractivity contribution in [2.75, 3.05) is 30.5 Å². The Morgan fingerprint density at radius 3 is 1.38 bits per heavy atom. The zero-order valence-electron chi connectivity index (χ0n) is 23.5. The molecule has 0 fully saturated rings. The van der Waals surface area contributed by atoms with Crippen molar-refractivity contribution in [1.29, 1.82) is 0 Å². The van der Waals surface area contributed by atoms with Crippen molar-refractivity contribution in [2.24, 2.45) is 0 Å². The summed E-state index contributed by atoms with van der Waals surface area (Å²) < 4.78 is 4.52. The zero-order valence-corrected chi connectivity index (χ0v) is 26.7. The van der Waals surface area contributed by atoms with Gasteiger partial charge < -0.3 is 14.9 Å². The molecule has 0 atom stereocenters. The number of aliphatic hydroxyl groups is 2. The van der Waals surface area contributed by atoms with E-state index in [1.54, 1.807) is 0 Å². The lowest BCUT2D eigenvalue weighted by Gasteiger charge is -2.16. The molecule has 226 valence electrons. The minimum Gasteiger partial charge on any atom is -0.449 e. The molecule has 3 amide bonds. The Hall–Kier alpha value is -2.05. The maximum absolute atomic E-state index is 11.8. The first kappa shape index (κ1) is 40.1. The molecule has 40 heavy (non-hydrogen) atoms. The largest absolute Gasteiger partial charge is 0.449 e. The molecule has 0 spiro atoms. The van der Waals surface area contributed by atoms with Crippen LogP contribution in [0.3, 0.4) is 0 Å². The van der Waals surface area contributed by atoms with Crippen LogP contribution in [0.1, 0.15) is 96.8 Å². The van der Waals surface area contributed by atoms with Crippen LogP contribution in [0.25, 0.3) is 0 Å². The van der Waals surface area contributed by atoms with Gasteiger partial charge in [0.05, 0.1) is 6.61 Å². The molecule has 0 unspecified atom stereocenters. The molecule has 0 aromatic carbocycles. The van der Waals surface area contributed by atoms with E-state index in [-0.39, 0.29) is 35.0 Å². The second-order valence-electron chi connectivity index (χ2n) is 8.46. The molecule has 11 heteroatoms. The number of amides is 3. The molecule has 0 saturated heterocycles. The van der Waals surface area contributed by atoms with E-state index in [1.807, 2.05) is 0 Å². The Labute approximate surface area is 255 Å². The molecule has 0 bridgehead atoms. The summed E-state index contributed by atoms with van der Waals surface area (Å²) in [7, 11) is 0. The van der Waals surface area contributed by atoms with Gasteiger partial charge in [0.25, 0.3) is 0 Å². The molecule has 9 nitrogen and oxygen atoms in total. The van der Waals surface area contributed by atoms with Crippen molar-refractivity contribution in [3.63, 3.8) is 0 Å². The highest BCUT2D eigenvalue weighted by Crippen LogP contribution is 2.06. The van der Waals surface area contributed by atoms with E-state index in [0.29, 0.717) is 13.2 Å².